The number of amides is 1. The topological polar surface area (TPSA) is 40.6 Å². The van der Waals surface area contributed by atoms with E-state index in [0.717, 1.165) is 53.2 Å². The number of carbonyl (C=O) groups is 2. The molecule has 0 saturated carbocycles. The Bertz CT molecular complexity index is 1090. The van der Waals surface area contributed by atoms with Crippen molar-refractivity contribution in [1.82, 2.24) is 0 Å². The van der Waals surface area contributed by atoms with Gasteiger partial charge in [0.05, 0.1) is 0 Å². The van der Waals surface area contributed by atoms with E-state index in [0.29, 0.717) is 12.8 Å². The summed E-state index contributed by atoms with van der Waals surface area (Å²) in [5.41, 5.74) is 6.92. The predicted octanol–water partition coefficient (Wildman–Crippen LogP) is 6.31. The van der Waals surface area contributed by atoms with Crippen LogP contribution in [-0.2, 0) is 9.59 Å². The minimum Gasteiger partial charge on any atom is -0.372 e. The van der Waals surface area contributed by atoms with Gasteiger partial charge in [0.2, 0.25) is 5.91 Å². The van der Waals surface area contributed by atoms with Gasteiger partial charge in [0.15, 0.2) is 5.78 Å². The maximum atomic E-state index is 13.6. The van der Waals surface area contributed by atoms with Crippen molar-refractivity contribution in [3.63, 3.8) is 0 Å². The summed E-state index contributed by atoms with van der Waals surface area (Å²) in [4.78, 5) is 31.3. The number of allylic oxidation sites excluding steroid dienone is 2. The zero-order valence-corrected chi connectivity index (χ0v) is 20.9. The molecule has 0 aromatic heterocycles. The Labute approximate surface area is 198 Å². The second kappa shape index (κ2) is 8.81. The highest BCUT2D eigenvalue weighted by atomic mass is 16.2. The lowest BCUT2D eigenvalue weighted by Gasteiger charge is -2.43. The molecular weight excluding hydrogens is 408 g/mol. The van der Waals surface area contributed by atoms with Crippen LogP contribution < -0.4 is 9.80 Å². The van der Waals surface area contributed by atoms with Crippen LogP contribution in [0.1, 0.15) is 69.6 Å². The Kier molecular flexibility index (Phi) is 6.22. The number of hydrogen-bond donors (Lipinski definition) is 0. The first-order valence-corrected chi connectivity index (χ1v) is 12.2. The van der Waals surface area contributed by atoms with E-state index in [4.69, 9.17) is 0 Å². The number of carbonyl (C=O) groups excluding carboxylic acids is 2. The van der Waals surface area contributed by atoms with E-state index in [1.165, 1.54) is 5.69 Å². The van der Waals surface area contributed by atoms with Crippen LogP contribution in [0.3, 0.4) is 0 Å². The summed E-state index contributed by atoms with van der Waals surface area (Å²) in [6.07, 6.45) is 1.57. The fourth-order valence-corrected chi connectivity index (χ4v) is 5.59. The molecule has 2 aliphatic rings. The molecule has 0 N–H and O–H groups in total. The Balaban J connectivity index is 1.83. The van der Waals surface area contributed by atoms with Crippen LogP contribution in [0.4, 0.5) is 11.4 Å². The number of anilines is 2. The third-order valence-electron chi connectivity index (χ3n) is 7.03. The highest BCUT2D eigenvalue weighted by Gasteiger charge is 2.44. The van der Waals surface area contributed by atoms with E-state index in [-0.39, 0.29) is 23.0 Å². The van der Waals surface area contributed by atoms with Crippen molar-refractivity contribution >= 4 is 23.1 Å². The van der Waals surface area contributed by atoms with Crippen molar-refractivity contribution in [3.05, 3.63) is 70.4 Å². The Morgan fingerprint density at radius 2 is 1.55 bits per heavy atom. The molecule has 1 unspecified atom stereocenters. The third-order valence-corrected chi connectivity index (χ3v) is 7.03. The zero-order chi connectivity index (χ0) is 23.9. The fourth-order valence-electron chi connectivity index (χ4n) is 5.59. The van der Waals surface area contributed by atoms with Crippen LogP contribution >= 0.6 is 0 Å². The molecule has 1 heterocycles. The minimum absolute atomic E-state index is 0.0714. The predicted molar refractivity (Wildman–Crippen MR) is 136 cm³/mol. The lowest BCUT2D eigenvalue weighted by molar-refractivity contribution is -0.121. The van der Waals surface area contributed by atoms with Gasteiger partial charge in [-0.25, -0.2) is 0 Å². The molecule has 2 aromatic carbocycles. The van der Waals surface area contributed by atoms with Gasteiger partial charge < -0.3 is 4.90 Å². The van der Waals surface area contributed by atoms with E-state index in [1.54, 1.807) is 0 Å². The van der Waals surface area contributed by atoms with Gasteiger partial charge in [-0.3, -0.25) is 14.5 Å². The molecule has 4 heteroatoms. The maximum Gasteiger partial charge on any atom is 0.232 e. The van der Waals surface area contributed by atoms with Crippen molar-refractivity contribution in [2.24, 2.45) is 5.41 Å². The first-order chi connectivity index (χ1) is 15.6. The molecule has 1 aliphatic carbocycles. The first kappa shape index (κ1) is 23.3. The van der Waals surface area contributed by atoms with Gasteiger partial charge in [0.1, 0.15) is 0 Å². The summed E-state index contributed by atoms with van der Waals surface area (Å²) in [5.74, 6) is 0.0759. The van der Waals surface area contributed by atoms with Gasteiger partial charge in [-0.2, -0.15) is 0 Å². The molecule has 4 nitrogen and oxygen atoms in total. The van der Waals surface area contributed by atoms with Gasteiger partial charge in [-0.15, -0.1) is 0 Å². The normalized spacial score (nSPS) is 20.2. The van der Waals surface area contributed by atoms with Crippen molar-refractivity contribution in [2.75, 3.05) is 22.9 Å². The van der Waals surface area contributed by atoms with Crippen LogP contribution in [0.25, 0.3) is 0 Å². The quantitative estimate of drug-likeness (QED) is 0.542. The molecule has 2 aromatic rings. The number of benzene rings is 2. The van der Waals surface area contributed by atoms with Gasteiger partial charge in [-0.05, 0) is 80.5 Å². The molecule has 4 rings (SSSR count). The monoisotopic (exact) mass is 444 g/mol. The van der Waals surface area contributed by atoms with Crippen molar-refractivity contribution in [3.8, 4) is 0 Å². The summed E-state index contributed by atoms with van der Waals surface area (Å²) < 4.78 is 0. The van der Waals surface area contributed by atoms with Gasteiger partial charge in [-0.1, -0.05) is 32.0 Å². The largest absolute Gasteiger partial charge is 0.372 e. The molecule has 174 valence electrons. The average Bonchev–Trinajstić information content (AvgIpc) is 2.72. The molecule has 33 heavy (non-hydrogen) atoms. The third kappa shape index (κ3) is 4.48. The van der Waals surface area contributed by atoms with E-state index in [1.807, 2.05) is 4.90 Å². The first-order valence-electron chi connectivity index (χ1n) is 12.2. The molecule has 0 saturated heterocycles. The highest BCUT2D eigenvalue weighted by Crippen LogP contribution is 2.48. The number of aryl methyl sites for hydroxylation is 2. The highest BCUT2D eigenvalue weighted by molar-refractivity contribution is 6.07. The van der Waals surface area contributed by atoms with Crippen LogP contribution in [-0.4, -0.2) is 24.8 Å². The zero-order valence-electron chi connectivity index (χ0n) is 20.9. The van der Waals surface area contributed by atoms with E-state index in [9.17, 15) is 9.59 Å². The molecule has 0 fully saturated rings. The Hall–Kier alpha value is -2.88. The standard InChI is InChI=1S/C29H36N2O2/c1-7-30(8-2)22-11-9-21(10-12-22)24-16-27(33)31(23-14-19(3)13-20(4)15-23)25-17-29(5,6)18-26(32)28(24)25/h9-15,24H,7-8,16-18H2,1-6H3. The molecule has 1 amide bonds. The van der Waals surface area contributed by atoms with Crippen LogP contribution in [0.15, 0.2) is 53.7 Å². The van der Waals surface area contributed by atoms with Crippen LogP contribution in [0.5, 0.6) is 0 Å². The average molecular weight is 445 g/mol. The summed E-state index contributed by atoms with van der Waals surface area (Å²) >= 11 is 0. The van der Waals surface area contributed by atoms with E-state index < -0.39 is 0 Å². The van der Waals surface area contributed by atoms with Crippen molar-refractivity contribution < 1.29 is 9.59 Å². The van der Waals surface area contributed by atoms with Crippen LogP contribution in [0.2, 0.25) is 0 Å². The summed E-state index contributed by atoms with van der Waals surface area (Å²) in [7, 11) is 0. The molecule has 0 bridgehead atoms. The van der Waals surface area contributed by atoms with E-state index in [2.05, 4.69) is 88.9 Å². The van der Waals surface area contributed by atoms with E-state index >= 15 is 0 Å². The van der Waals surface area contributed by atoms with Crippen molar-refractivity contribution in [2.45, 2.75) is 66.7 Å². The van der Waals surface area contributed by atoms with Gasteiger partial charge in [0.25, 0.3) is 0 Å². The smallest absolute Gasteiger partial charge is 0.232 e. The SMILES string of the molecule is CCN(CC)c1ccc(C2CC(=O)N(c3cc(C)cc(C)c3)C3=C2C(=O)CC(C)(C)C3)cc1. The summed E-state index contributed by atoms with van der Waals surface area (Å²) in [5, 5.41) is 0. The number of rotatable bonds is 5. The van der Waals surface area contributed by atoms with Crippen molar-refractivity contribution in [1.29, 1.82) is 0 Å². The van der Waals surface area contributed by atoms with Gasteiger partial charge in [0, 0.05) is 54.5 Å². The number of nitrogens with zero attached hydrogens (tertiary/aromatic N) is 2. The molecular formula is C29H36N2O2. The Morgan fingerprint density at radius 3 is 2.12 bits per heavy atom. The summed E-state index contributed by atoms with van der Waals surface area (Å²) in [6.45, 7) is 14.6. The van der Waals surface area contributed by atoms with Gasteiger partial charge >= 0.3 is 0 Å². The number of ketones is 1. The fraction of sp³-hybridized carbons (Fsp3) is 0.448. The second-order valence-corrected chi connectivity index (χ2v) is 10.4. The molecule has 1 atom stereocenters. The molecule has 0 spiro atoms. The lowest BCUT2D eigenvalue weighted by atomic mass is 9.69. The molecule has 0 radical (unpaired) electrons. The maximum absolute atomic E-state index is 13.6. The number of hydrogen-bond acceptors (Lipinski definition) is 3. The van der Waals surface area contributed by atoms with Crippen LogP contribution in [0, 0.1) is 19.3 Å². The second-order valence-electron chi connectivity index (χ2n) is 10.4. The Morgan fingerprint density at radius 1 is 0.939 bits per heavy atom. The minimum atomic E-state index is -0.177. The summed E-state index contributed by atoms with van der Waals surface area (Å²) in [6, 6.07) is 14.7. The lowest BCUT2D eigenvalue weighted by Crippen LogP contribution is -2.43. The number of Topliss-reactive ketones (excluding diaryl/α,β-unsaturated/α-hetero) is 1. The molecule has 1 aliphatic heterocycles.